The van der Waals surface area contributed by atoms with Crippen LogP contribution in [0.3, 0.4) is 0 Å². The Morgan fingerprint density at radius 1 is 0.302 bits per heavy atom. The Morgan fingerprint density at radius 2 is 0.746 bits per heavy atom. The standard InChI is InChI=1S/C57H36N4O2/c1-4-15-37(16-5-1)39-27-31-42(32-28-39)61(43-33-29-40(30-34-43)38-17-6-2-7-18-38)48-36-35-47(53-45-22-11-13-25-50(45)63-54(48)53)57-59-55(41-19-8-3-9-20-41)58-56(60-57)46-23-14-26-51-52(46)44-21-10-12-24-49(44)62-51/h1-36H. The number of hydrogen-bond donors (Lipinski definition) is 0. The lowest BCUT2D eigenvalue weighted by Crippen LogP contribution is -2.10. The van der Waals surface area contributed by atoms with Crippen molar-refractivity contribution in [2.45, 2.75) is 0 Å². The van der Waals surface area contributed by atoms with E-state index in [-0.39, 0.29) is 0 Å². The molecule has 0 N–H and O–H groups in total. The van der Waals surface area contributed by atoms with Crippen LogP contribution in [0.2, 0.25) is 0 Å². The Labute approximate surface area is 363 Å². The minimum Gasteiger partial charge on any atom is -0.456 e. The van der Waals surface area contributed by atoms with E-state index in [1.165, 1.54) is 0 Å². The van der Waals surface area contributed by atoms with Crippen LogP contribution in [0.5, 0.6) is 0 Å². The van der Waals surface area contributed by atoms with Crippen LogP contribution in [0.4, 0.5) is 17.1 Å². The van der Waals surface area contributed by atoms with Gasteiger partial charge in [-0.3, -0.25) is 0 Å². The highest BCUT2D eigenvalue weighted by Crippen LogP contribution is 2.46. The fourth-order valence-corrected chi connectivity index (χ4v) is 8.77. The van der Waals surface area contributed by atoms with Gasteiger partial charge < -0.3 is 13.7 Å². The summed E-state index contributed by atoms with van der Waals surface area (Å²) < 4.78 is 13.3. The van der Waals surface area contributed by atoms with Crippen molar-refractivity contribution in [1.82, 2.24) is 15.0 Å². The average molecular weight is 809 g/mol. The summed E-state index contributed by atoms with van der Waals surface area (Å²) in [4.78, 5) is 18.0. The summed E-state index contributed by atoms with van der Waals surface area (Å²) in [5.41, 5.74) is 13.2. The SMILES string of the molecule is c1ccc(-c2ccc(N(c3ccc(-c4ccccc4)cc3)c3ccc(-c4nc(-c5ccccc5)nc(-c5cccc6oc7ccccc7c56)n4)c4c3oc3ccccc34)cc2)cc1. The summed E-state index contributed by atoms with van der Waals surface area (Å²) in [6.07, 6.45) is 0. The van der Waals surface area contributed by atoms with E-state index in [2.05, 4.69) is 138 Å². The van der Waals surface area contributed by atoms with Crippen molar-refractivity contribution in [1.29, 1.82) is 0 Å². The van der Waals surface area contributed by atoms with E-state index in [0.29, 0.717) is 17.5 Å². The Morgan fingerprint density at radius 3 is 1.33 bits per heavy atom. The van der Waals surface area contributed by atoms with E-state index in [1.807, 2.05) is 84.9 Å². The van der Waals surface area contributed by atoms with E-state index in [0.717, 1.165) is 99.9 Å². The summed E-state index contributed by atoms with van der Waals surface area (Å²) in [6, 6.07) is 75.1. The first kappa shape index (κ1) is 36.3. The molecule has 3 heterocycles. The number of rotatable bonds is 8. The molecule has 0 unspecified atom stereocenters. The molecule has 6 nitrogen and oxygen atoms in total. The molecule has 0 aliphatic carbocycles. The third-order valence-electron chi connectivity index (χ3n) is 11.8. The largest absolute Gasteiger partial charge is 0.456 e. The number of para-hydroxylation sites is 2. The minimum atomic E-state index is 0.540. The van der Waals surface area contributed by atoms with Gasteiger partial charge in [-0.15, -0.1) is 0 Å². The van der Waals surface area contributed by atoms with Crippen molar-refractivity contribution < 1.29 is 8.83 Å². The molecule has 3 aromatic heterocycles. The fourth-order valence-electron chi connectivity index (χ4n) is 8.77. The highest BCUT2D eigenvalue weighted by atomic mass is 16.3. The number of hydrogen-bond acceptors (Lipinski definition) is 6. The van der Waals surface area contributed by atoms with Gasteiger partial charge in [0.15, 0.2) is 23.1 Å². The summed E-state index contributed by atoms with van der Waals surface area (Å²) in [7, 11) is 0. The van der Waals surface area contributed by atoms with Gasteiger partial charge in [0.25, 0.3) is 0 Å². The van der Waals surface area contributed by atoms with Crippen LogP contribution in [0.25, 0.3) is 100 Å². The summed E-state index contributed by atoms with van der Waals surface area (Å²) in [6.45, 7) is 0. The third kappa shape index (κ3) is 6.40. The lowest BCUT2D eigenvalue weighted by molar-refractivity contribution is 0.668. The summed E-state index contributed by atoms with van der Waals surface area (Å²) in [5.74, 6) is 1.67. The maximum atomic E-state index is 6.96. The molecule has 0 bridgehead atoms. The van der Waals surface area contributed by atoms with Crippen LogP contribution < -0.4 is 4.90 Å². The molecule has 6 heteroatoms. The second-order valence-corrected chi connectivity index (χ2v) is 15.5. The van der Waals surface area contributed by atoms with Gasteiger partial charge in [0.1, 0.15) is 16.7 Å². The molecule has 0 aliphatic heterocycles. The van der Waals surface area contributed by atoms with Crippen LogP contribution in [0, 0.1) is 0 Å². The molecule has 0 spiro atoms. The van der Waals surface area contributed by atoms with Gasteiger partial charge in [-0.1, -0.05) is 164 Å². The van der Waals surface area contributed by atoms with E-state index >= 15 is 0 Å². The Hall–Kier alpha value is -8.61. The third-order valence-corrected chi connectivity index (χ3v) is 11.8. The maximum absolute atomic E-state index is 6.96. The molecule has 63 heavy (non-hydrogen) atoms. The lowest BCUT2D eigenvalue weighted by atomic mass is 10.0. The first-order valence-electron chi connectivity index (χ1n) is 21.0. The van der Waals surface area contributed by atoms with Crippen molar-refractivity contribution in [3.8, 4) is 56.4 Å². The highest BCUT2D eigenvalue weighted by molar-refractivity contribution is 6.17. The number of nitrogens with zero attached hydrogens (tertiary/aromatic N) is 4. The molecule has 0 saturated carbocycles. The molecule has 0 atom stereocenters. The highest BCUT2D eigenvalue weighted by Gasteiger charge is 2.25. The van der Waals surface area contributed by atoms with Crippen molar-refractivity contribution in [2.75, 3.05) is 4.90 Å². The fraction of sp³-hybridized carbons (Fsp3) is 0. The predicted molar refractivity (Wildman–Crippen MR) is 256 cm³/mol. The van der Waals surface area contributed by atoms with Crippen LogP contribution in [-0.2, 0) is 0 Å². The van der Waals surface area contributed by atoms with Gasteiger partial charge in [-0.05, 0) is 76.9 Å². The van der Waals surface area contributed by atoms with Crippen molar-refractivity contribution in [3.63, 3.8) is 0 Å². The van der Waals surface area contributed by atoms with Crippen molar-refractivity contribution in [2.24, 2.45) is 0 Å². The minimum absolute atomic E-state index is 0.540. The Kier molecular flexibility index (Phi) is 8.71. The molecular formula is C57H36N4O2. The van der Waals surface area contributed by atoms with E-state index in [1.54, 1.807) is 0 Å². The average Bonchev–Trinajstić information content (AvgIpc) is 3.95. The summed E-state index contributed by atoms with van der Waals surface area (Å²) >= 11 is 0. The van der Waals surface area contributed by atoms with Gasteiger partial charge in [0.05, 0.1) is 5.69 Å². The number of furan rings is 2. The number of benzene rings is 9. The van der Waals surface area contributed by atoms with E-state index in [9.17, 15) is 0 Å². The number of anilines is 3. The van der Waals surface area contributed by atoms with E-state index in [4.69, 9.17) is 23.8 Å². The van der Waals surface area contributed by atoms with Crippen LogP contribution in [0.1, 0.15) is 0 Å². The smallest absolute Gasteiger partial charge is 0.164 e. The zero-order valence-corrected chi connectivity index (χ0v) is 33.9. The molecule has 0 saturated heterocycles. The van der Waals surface area contributed by atoms with Crippen LogP contribution >= 0.6 is 0 Å². The molecule has 12 rings (SSSR count). The summed E-state index contributed by atoms with van der Waals surface area (Å²) in [5, 5.41) is 3.85. The van der Waals surface area contributed by atoms with Crippen molar-refractivity contribution >= 4 is 60.9 Å². The molecule has 296 valence electrons. The monoisotopic (exact) mass is 808 g/mol. The van der Waals surface area contributed by atoms with Crippen molar-refractivity contribution in [3.05, 3.63) is 218 Å². The first-order valence-corrected chi connectivity index (χ1v) is 21.0. The first-order chi connectivity index (χ1) is 31.2. The van der Waals surface area contributed by atoms with Gasteiger partial charge in [0.2, 0.25) is 0 Å². The van der Waals surface area contributed by atoms with Gasteiger partial charge >= 0.3 is 0 Å². The van der Waals surface area contributed by atoms with Gasteiger partial charge in [-0.25, -0.2) is 15.0 Å². The van der Waals surface area contributed by atoms with Crippen LogP contribution in [-0.4, -0.2) is 15.0 Å². The maximum Gasteiger partial charge on any atom is 0.164 e. The normalized spacial score (nSPS) is 11.5. The zero-order chi connectivity index (χ0) is 41.7. The Balaban J connectivity index is 1.08. The number of fused-ring (bicyclic) bond motifs is 6. The molecule has 0 aliphatic rings. The van der Waals surface area contributed by atoms with E-state index < -0.39 is 0 Å². The zero-order valence-electron chi connectivity index (χ0n) is 33.9. The lowest BCUT2D eigenvalue weighted by Gasteiger charge is -2.26. The van der Waals surface area contributed by atoms with Gasteiger partial charge in [0, 0.05) is 49.6 Å². The number of aromatic nitrogens is 3. The molecule has 9 aromatic carbocycles. The molecular weight excluding hydrogens is 773 g/mol. The Bertz CT molecular complexity index is 3520. The molecule has 0 fully saturated rings. The second-order valence-electron chi connectivity index (χ2n) is 15.5. The second kappa shape index (κ2) is 15.1. The molecule has 0 amide bonds. The molecule has 0 radical (unpaired) electrons. The quantitative estimate of drug-likeness (QED) is 0.152. The van der Waals surface area contributed by atoms with Gasteiger partial charge in [-0.2, -0.15) is 0 Å². The molecule has 12 aromatic rings. The predicted octanol–water partition coefficient (Wildman–Crippen LogP) is 15.5. The topological polar surface area (TPSA) is 68.2 Å². The van der Waals surface area contributed by atoms with Crippen LogP contribution in [0.15, 0.2) is 227 Å².